The average molecular weight is 241 g/mol. The van der Waals surface area contributed by atoms with Gasteiger partial charge < -0.3 is 11.1 Å². The van der Waals surface area contributed by atoms with E-state index in [-0.39, 0.29) is 0 Å². The zero-order valence-electron chi connectivity index (χ0n) is 11.3. The molecule has 0 unspecified atom stereocenters. The Balaban J connectivity index is 2.37. The number of nitrogens with one attached hydrogen (secondary N) is 1. The van der Waals surface area contributed by atoms with E-state index in [4.69, 9.17) is 5.73 Å². The molecule has 0 radical (unpaired) electrons. The highest BCUT2D eigenvalue weighted by molar-refractivity contribution is 5.66. The summed E-state index contributed by atoms with van der Waals surface area (Å²) in [6.45, 7) is 8.23. The zero-order chi connectivity index (χ0) is 13.3. The van der Waals surface area contributed by atoms with Crippen molar-refractivity contribution in [2.24, 2.45) is 0 Å². The summed E-state index contributed by atoms with van der Waals surface area (Å²) in [5.74, 6) is 0.830. The first-order valence-corrected chi connectivity index (χ1v) is 6.05. The van der Waals surface area contributed by atoms with Crippen LogP contribution in [0.4, 0.5) is 17.2 Å². The van der Waals surface area contributed by atoms with Crippen LogP contribution in [-0.2, 0) is 0 Å². The van der Waals surface area contributed by atoms with Crippen molar-refractivity contribution in [3.8, 4) is 0 Å². The van der Waals surface area contributed by atoms with Crippen molar-refractivity contribution in [2.75, 3.05) is 11.1 Å². The summed E-state index contributed by atoms with van der Waals surface area (Å²) >= 11 is 0. The first-order chi connectivity index (χ1) is 8.47. The predicted octanol–water partition coefficient (Wildman–Crippen LogP) is 3.64. The smallest absolute Gasteiger partial charge is 0.130 e. The normalized spacial score (nSPS) is 10.4. The number of pyridine rings is 1. The number of hydrogen-bond acceptors (Lipinski definition) is 3. The van der Waals surface area contributed by atoms with E-state index >= 15 is 0 Å². The molecule has 0 atom stereocenters. The highest BCUT2D eigenvalue weighted by Gasteiger charge is 2.05. The minimum atomic E-state index is 0.720. The molecule has 0 saturated carbocycles. The maximum Gasteiger partial charge on any atom is 0.130 e. The highest BCUT2D eigenvalue weighted by atomic mass is 15.0. The summed E-state index contributed by atoms with van der Waals surface area (Å²) in [6, 6.07) is 8.11. The van der Waals surface area contributed by atoms with E-state index < -0.39 is 0 Å². The molecule has 0 aliphatic heterocycles. The fourth-order valence-electron chi connectivity index (χ4n) is 2.15. The van der Waals surface area contributed by atoms with Gasteiger partial charge in [0, 0.05) is 5.69 Å². The maximum absolute atomic E-state index is 5.77. The monoisotopic (exact) mass is 241 g/mol. The molecule has 1 aromatic heterocycles. The second kappa shape index (κ2) is 4.69. The first-order valence-electron chi connectivity index (χ1n) is 6.05. The minimum Gasteiger partial charge on any atom is -0.397 e. The number of benzene rings is 1. The molecule has 3 heteroatoms. The largest absolute Gasteiger partial charge is 0.397 e. The molecule has 3 N–H and O–H groups in total. The fourth-order valence-corrected chi connectivity index (χ4v) is 2.15. The van der Waals surface area contributed by atoms with Gasteiger partial charge in [0.15, 0.2) is 0 Å². The Kier molecular flexibility index (Phi) is 3.24. The van der Waals surface area contributed by atoms with Gasteiger partial charge in [-0.2, -0.15) is 0 Å². The van der Waals surface area contributed by atoms with E-state index in [0.717, 1.165) is 22.9 Å². The molecule has 0 fully saturated rings. The van der Waals surface area contributed by atoms with Gasteiger partial charge in [0.05, 0.1) is 11.4 Å². The van der Waals surface area contributed by atoms with E-state index in [9.17, 15) is 0 Å². The van der Waals surface area contributed by atoms with E-state index in [1.165, 1.54) is 16.7 Å². The quantitative estimate of drug-likeness (QED) is 0.844. The second-order valence-electron chi connectivity index (χ2n) is 4.77. The average Bonchev–Trinajstić information content (AvgIpc) is 2.28. The van der Waals surface area contributed by atoms with Crippen molar-refractivity contribution in [3.63, 3.8) is 0 Å². The lowest BCUT2D eigenvalue weighted by molar-refractivity contribution is 1.19. The van der Waals surface area contributed by atoms with Gasteiger partial charge in [0.25, 0.3) is 0 Å². The Morgan fingerprint density at radius 3 is 2.17 bits per heavy atom. The molecule has 0 aliphatic rings. The maximum atomic E-state index is 5.77. The van der Waals surface area contributed by atoms with E-state index in [2.05, 4.69) is 43.2 Å². The number of hydrogen-bond donors (Lipinski definition) is 2. The molecule has 1 aromatic carbocycles. The van der Waals surface area contributed by atoms with Crippen LogP contribution >= 0.6 is 0 Å². The van der Waals surface area contributed by atoms with Crippen LogP contribution in [0.5, 0.6) is 0 Å². The third-order valence-electron chi connectivity index (χ3n) is 3.06. The van der Waals surface area contributed by atoms with Gasteiger partial charge >= 0.3 is 0 Å². The van der Waals surface area contributed by atoms with Gasteiger partial charge in [-0.1, -0.05) is 17.7 Å². The third-order valence-corrected chi connectivity index (χ3v) is 3.06. The van der Waals surface area contributed by atoms with Gasteiger partial charge in [-0.25, -0.2) is 4.98 Å². The highest BCUT2D eigenvalue weighted by Crippen LogP contribution is 2.25. The van der Waals surface area contributed by atoms with Gasteiger partial charge in [-0.05, 0) is 51.0 Å². The van der Waals surface area contributed by atoms with Gasteiger partial charge in [-0.3, -0.25) is 0 Å². The molecule has 94 valence electrons. The van der Waals surface area contributed by atoms with Crippen molar-refractivity contribution in [1.82, 2.24) is 4.98 Å². The number of aryl methyl sites for hydroxylation is 4. The summed E-state index contributed by atoms with van der Waals surface area (Å²) in [5.41, 5.74) is 12.2. The molecule has 2 aromatic rings. The number of rotatable bonds is 2. The van der Waals surface area contributed by atoms with Crippen molar-refractivity contribution in [1.29, 1.82) is 0 Å². The van der Waals surface area contributed by atoms with Crippen LogP contribution in [-0.4, -0.2) is 4.98 Å². The van der Waals surface area contributed by atoms with Crippen LogP contribution in [0.15, 0.2) is 24.3 Å². The predicted molar refractivity (Wildman–Crippen MR) is 77.3 cm³/mol. The standard InChI is InChI=1S/C15H19N3/c1-9-7-10(2)15(11(3)8-9)18-14-6-5-13(16)12(4)17-14/h5-8H,16H2,1-4H3,(H,17,18). The number of aromatic nitrogens is 1. The van der Waals surface area contributed by atoms with Crippen LogP contribution in [0.1, 0.15) is 22.4 Å². The molecule has 3 nitrogen and oxygen atoms in total. The topological polar surface area (TPSA) is 50.9 Å². The van der Waals surface area contributed by atoms with Crippen molar-refractivity contribution >= 4 is 17.2 Å². The zero-order valence-corrected chi connectivity index (χ0v) is 11.3. The van der Waals surface area contributed by atoms with E-state index in [0.29, 0.717) is 0 Å². The molecular formula is C15H19N3. The fraction of sp³-hybridized carbons (Fsp3) is 0.267. The number of nitrogens with zero attached hydrogens (tertiary/aromatic N) is 1. The summed E-state index contributed by atoms with van der Waals surface area (Å²) in [6.07, 6.45) is 0. The third kappa shape index (κ3) is 2.45. The minimum absolute atomic E-state index is 0.720. The number of nitrogens with two attached hydrogens (primary N) is 1. The van der Waals surface area contributed by atoms with Gasteiger partial charge in [0.1, 0.15) is 5.82 Å². The summed E-state index contributed by atoms with van der Waals surface area (Å²) in [4.78, 5) is 4.44. The summed E-state index contributed by atoms with van der Waals surface area (Å²) < 4.78 is 0. The van der Waals surface area contributed by atoms with Crippen LogP contribution in [0.3, 0.4) is 0 Å². The molecule has 0 bridgehead atoms. The molecule has 18 heavy (non-hydrogen) atoms. The van der Waals surface area contributed by atoms with E-state index in [1.54, 1.807) is 0 Å². The van der Waals surface area contributed by atoms with Crippen LogP contribution in [0.25, 0.3) is 0 Å². The Bertz CT molecular complexity index is 565. The van der Waals surface area contributed by atoms with E-state index in [1.807, 2.05) is 19.1 Å². The lowest BCUT2D eigenvalue weighted by atomic mass is 10.1. The Hall–Kier alpha value is -2.03. The van der Waals surface area contributed by atoms with Crippen molar-refractivity contribution < 1.29 is 0 Å². The molecule has 1 heterocycles. The Morgan fingerprint density at radius 1 is 1.00 bits per heavy atom. The second-order valence-corrected chi connectivity index (χ2v) is 4.77. The summed E-state index contributed by atoms with van der Waals surface area (Å²) in [7, 11) is 0. The van der Waals surface area contributed by atoms with Gasteiger partial charge in [-0.15, -0.1) is 0 Å². The van der Waals surface area contributed by atoms with Crippen molar-refractivity contribution in [2.45, 2.75) is 27.7 Å². The Morgan fingerprint density at radius 2 is 1.61 bits per heavy atom. The number of anilines is 3. The van der Waals surface area contributed by atoms with Gasteiger partial charge in [0.2, 0.25) is 0 Å². The molecule has 0 spiro atoms. The lowest BCUT2D eigenvalue weighted by Gasteiger charge is -2.14. The number of nitrogen functional groups attached to an aromatic ring is 1. The SMILES string of the molecule is Cc1cc(C)c(Nc2ccc(N)c(C)n2)c(C)c1. The van der Waals surface area contributed by atoms with Crippen LogP contribution in [0, 0.1) is 27.7 Å². The molecular weight excluding hydrogens is 222 g/mol. The first kappa shape index (κ1) is 12.4. The molecule has 2 rings (SSSR count). The Labute approximate surface area is 108 Å². The molecule has 0 saturated heterocycles. The lowest BCUT2D eigenvalue weighted by Crippen LogP contribution is -2.01. The van der Waals surface area contributed by atoms with Crippen LogP contribution < -0.4 is 11.1 Å². The van der Waals surface area contributed by atoms with Crippen LogP contribution in [0.2, 0.25) is 0 Å². The van der Waals surface area contributed by atoms with Crippen molar-refractivity contribution in [3.05, 3.63) is 46.6 Å². The summed E-state index contributed by atoms with van der Waals surface area (Å²) in [5, 5.41) is 3.37. The molecule has 0 amide bonds. The molecule has 0 aliphatic carbocycles.